The van der Waals surface area contributed by atoms with Crippen LogP contribution in [0.5, 0.6) is 11.5 Å². The van der Waals surface area contributed by atoms with Crippen LogP contribution < -0.4 is 9.47 Å². The number of amides is 1. The monoisotopic (exact) mass is 432 g/mol. The van der Waals surface area contributed by atoms with Crippen molar-refractivity contribution in [1.29, 1.82) is 0 Å². The first-order chi connectivity index (χ1) is 14.0. The third-order valence-electron chi connectivity index (χ3n) is 4.00. The van der Waals surface area contributed by atoms with Gasteiger partial charge in [0.05, 0.1) is 12.9 Å². The number of hydrogen-bond acceptors (Lipinski definition) is 6. The Hall–Kier alpha value is -2.71. The molecule has 7 nitrogen and oxygen atoms in total. The summed E-state index contributed by atoms with van der Waals surface area (Å²) < 4.78 is 10.8. The predicted octanol–water partition coefficient (Wildman–Crippen LogP) is 3.80. The highest BCUT2D eigenvalue weighted by Crippen LogP contribution is 2.18. The van der Waals surface area contributed by atoms with E-state index >= 15 is 0 Å². The van der Waals surface area contributed by atoms with Gasteiger partial charge in [0, 0.05) is 18.6 Å². The summed E-state index contributed by atoms with van der Waals surface area (Å²) in [5.74, 6) is 2.28. The summed E-state index contributed by atoms with van der Waals surface area (Å²) in [7, 11) is 3.39. The molecule has 0 atom stereocenters. The van der Waals surface area contributed by atoms with E-state index in [1.165, 1.54) is 11.8 Å². The van der Waals surface area contributed by atoms with Crippen molar-refractivity contribution in [3.63, 3.8) is 0 Å². The number of thioether (sulfide) groups is 1. The first-order valence-corrected chi connectivity index (χ1v) is 10.2. The maximum Gasteiger partial charge on any atom is 0.233 e. The van der Waals surface area contributed by atoms with Crippen LogP contribution in [0.1, 0.15) is 11.4 Å². The number of ether oxygens (including phenoxy) is 2. The van der Waals surface area contributed by atoms with Gasteiger partial charge in [0.25, 0.3) is 0 Å². The van der Waals surface area contributed by atoms with Gasteiger partial charge in [-0.1, -0.05) is 35.5 Å². The molecular weight excluding hydrogens is 412 g/mol. The quantitative estimate of drug-likeness (QED) is 0.518. The van der Waals surface area contributed by atoms with E-state index in [2.05, 4.69) is 15.2 Å². The SMILES string of the molecule is COc1cccc(CN(C)C(=O)CSc2n[nH]c(COc3ccc(Cl)cc3)n2)c1. The van der Waals surface area contributed by atoms with Crippen molar-refractivity contribution in [3.05, 3.63) is 64.9 Å². The van der Waals surface area contributed by atoms with Crippen LogP contribution in [0.4, 0.5) is 0 Å². The Morgan fingerprint density at radius 2 is 2.00 bits per heavy atom. The Kier molecular flexibility index (Phi) is 7.37. The number of carbonyl (C=O) groups excluding carboxylic acids is 1. The Morgan fingerprint density at radius 1 is 1.21 bits per heavy atom. The van der Waals surface area contributed by atoms with E-state index < -0.39 is 0 Å². The van der Waals surface area contributed by atoms with Crippen LogP contribution >= 0.6 is 23.4 Å². The number of aromatic nitrogens is 3. The van der Waals surface area contributed by atoms with Crippen molar-refractivity contribution >= 4 is 29.3 Å². The number of carbonyl (C=O) groups is 1. The number of nitrogens with one attached hydrogen (secondary N) is 1. The Labute approximate surface area is 178 Å². The topological polar surface area (TPSA) is 80.3 Å². The molecule has 2 aromatic carbocycles. The van der Waals surface area contributed by atoms with Crippen molar-refractivity contribution < 1.29 is 14.3 Å². The fourth-order valence-electron chi connectivity index (χ4n) is 2.46. The van der Waals surface area contributed by atoms with Crippen LogP contribution in [0.3, 0.4) is 0 Å². The molecular formula is C20H21ClN4O3S. The molecule has 0 aliphatic heterocycles. The number of H-pyrrole nitrogens is 1. The largest absolute Gasteiger partial charge is 0.497 e. The van der Waals surface area contributed by atoms with Crippen molar-refractivity contribution in [2.24, 2.45) is 0 Å². The molecule has 0 bridgehead atoms. The normalized spacial score (nSPS) is 10.6. The van der Waals surface area contributed by atoms with Gasteiger partial charge in [-0.05, 0) is 42.0 Å². The van der Waals surface area contributed by atoms with Crippen LogP contribution in [0.2, 0.25) is 5.02 Å². The van der Waals surface area contributed by atoms with Gasteiger partial charge in [0.15, 0.2) is 5.82 Å². The molecule has 0 saturated heterocycles. The predicted molar refractivity (Wildman–Crippen MR) is 112 cm³/mol. The van der Waals surface area contributed by atoms with Crippen LogP contribution in [0, 0.1) is 0 Å². The smallest absolute Gasteiger partial charge is 0.233 e. The number of hydrogen-bond donors (Lipinski definition) is 1. The average Bonchev–Trinajstić information content (AvgIpc) is 3.19. The molecule has 9 heteroatoms. The maximum atomic E-state index is 12.4. The van der Waals surface area contributed by atoms with Crippen molar-refractivity contribution in [1.82, 2.24) is 20.1 Å². The third-order valence-corrected chi connectivity index (χ3v) is 5.09. The fraction of sp³-hybridized carbons (Fsp3) is 0.250. The molecule has 0 spiro atoms. The van der Waals surface area contributed by atoms with Gasteiger partial charge in [-0.3, -0.25) is 9.89 Å². The molecule has 1 aromatic heterocycles. The minimum atomic E-state index is -0.0124. The van der Waals surface area contributed by atoms with Crippen LogP contribution in [0.25, 0.3) is 0 Å². The van der Waals surface area contributed by atoms with Gasteiger partial charge in [-0.25, -0.2) is 4.98 Å². The Balaban J connectivity index is 1.45. The van der Waals surface area contributed by atoms with E-state index in [0.717, 1.165) is 11.3 Å². The molecule has 1 N–H and O–H groups in total. The lowest BCUT2D eigenvalue weighted by Gasteiger charge is -2.17. The summed E-state index contributed by atoms with van der Waals surface area (Å²) in [6, 6.07) is 14.7. The summed E-state index contributed by atoms with van der Waals surface area (Å²) in [6.45, 7) is 0.754. The van der Waals surface area contributed by atoms with Crippen molar-refractivity contribution in [2.75, 3.05) is 19.9 Å². The summed E-state index contributed by atoms with van der Waals surface area (Å²) in [5.41, 5.74) is 1.00. The molecule has 3 rings (SSSR count). The van der Waals surface area contributed by atoms with Crippen LogP contribution in [-0.4, -0.2) is 45.9 Å². The molecule has 0 radical (unpaired) electrons. The van der Waals surface area contributed by atoms with Crippen molar-refractivity contribution in [2.45, 2.75) is 18.3 Å². The molecule has 0 aliphatic rings. The molecule has 29 heavy (non-hydrogen) atoms. The number of benzene rings is 2. The highest BCUT2D eigenvalue weighted by Gasteiger charge is 2.13. The Bertz CT molecular complexity index is 949. The van der Waals surface area contributed by atoms with E-state index in [1.54, 1.807) is 43.3 Å². The molecule has 3 aromatic rings. The zero-order valence-corrected chi connectivity index (χ0v) is 17.7. The van der Waals surface area contributed by atoms with E-state index in [9.17, 15) is 4.79 Å². The first-order valence-electron chi connectivity index (χ1n) is 8.83. The standard InChI is InChI=1S/C20H21ClN4O3S/c1-25(11-14-4-3-5-17(10-14)27-2)19(26)13-29-20-22-18(23-24-20)12-28-16-8-6-15(21)7-9-16/h3-10H,11-13H2,1-2H3,(H,22,23,24). The number of rotatable bonds is 9. The summed E-state index contributed by atoms with van der Waals surface area (Å²) in [6.07, 6.45) is 0. The average molecular weight is 433 g/mol. The summed E-state index contributed by atoms with van der Waals surface area (Å²) in [4.78, 5) is 18.4. The highest BCUT2D eigenvalue weighted by atomic mass is 35.5. The lowest BCUT2D eigenvalue weighted by molar-refractivity contribution is -0.127. The molecule has 0 unspecified atom stereocenters. The lowest BCUT2D eigenvalue weighted by Crippen LogP contribution is -2.27. The summed E-state index contributed by atoms with van der Waals surface area (Å²) in [5, 5.41) is 8.09. The fourth-order valence-corrected chi connectivity index (χ4v) is 3.34. The number of methoxy groups -OCH3 is 1. The molecule has 0 fully saturated rings. The summed E-state index contributed by atoms with van der Waals surface area (Å²) >= 11 is 7.13. The third kappa shape index (κ3) is 6.40. The van der Waals surface area contributed by atoms with Gasteiger partial charge in [0.1, 0.15) is 18.1 Å². The lowest BCUT2D eigenvalue weighted by atomic mass is 10.2. The highest BCUT2D eigenvalue weighted by molar-refractivity contribution is 7.99. The second-order valence-corrected chi connectivity index (χ2v) is 7.58. The van der Waals surface area contributed by atoms with Gasteiger partial charge in [0.2, 0.25) is 11.1 Å². The van der Waals surface area contributed by atoms with E-state index in [4.69, 9.17) is 21.1 Å². The molecule has 1 amide bonds. The molecule has 0 aliphatic carbocycles. The minimum absolute atomic E-state index is 0.0124. The van der Waals surface area contributed by atoms with Gasteiger partial charge < -0.3 is 14.4 Å². The van der Waals surface area contributed by atoms with E-state index in [1.807, 2.05) is 24.3 Å². The number of nitrogens with zero attached hydrogens (tertiary/aromatic N) is 3. The maximum absolute atomic E-state index is 12.4. The Morgan fingerprint density at radius 3 is 2.76 bits per heavy atom. The van der Waals surface area contributed by atoms with Crippen LogP contribution in [-0.2, 0) is 17.9 Å². The number of aromatic amines is 1. The van der Waals surface area contributed by atoms with E-state index in [-0.39, 0.29) is 18.3 Å². The molecule has 0 saturated carbocycles. The van der Waals surface area contributed by atoms with Gasteiger partial charge in [-0.2, -0.15) is 0 Å². The van der Waals surface area contributed by atoms with Crippen LogP contribution in [0.15, 0.2) is 53.7 Å². The first kappa shape index (κ1) is 21.0. The second-order valence-electron chi connectivity index (χ2n) is 6.20. The van der Waals surface area contributed by atoms with E-state index in [0.29, 0.717) is 28.3 Å². The van der Waals surface area contributed by atoms with Gasteiger partial charge >= 0.3 is 0 Å². The zero-order chi connectivity index (χ0) is 20.6. The molecule has 152 valence electrons. The zero-order valence-electron chi connectivity index (χ0n) is 16.1. The van der Waals surface area contributed by atoms with Gasteiger partial charge in [-0.15, -0.1) is 5.10 Å². The number of halogens is 1. The molecule has 1 heterocycles. The minimum Gasteiger partial charge on any atom is -0.497 e. The second kappa shape index (κ2) is 10.2. The van der Waals surface area contributed by atoms with Crippen molar-refractivity contribution in [3.8, 4) is 11.5 Å².